The Morgan fingerprint density at radius 3 is 2.36 bits per heavy atom. The molecule has 3 aromatic carbocycles. The van der Waals surface area contributed by atoms with Crippen LogP contribution in [0.5, 0.6) is 0 Å². The van der Waals surface area contributed by atoms with E-state index in [4.69, 9.17) is 34.8 Å². The molecule has 4 nitrogen and oxygen atoms in total. The minimum atomic E-state index is -0.227. The lowest BCUT2D eigenvalue weighted by Crippen LogP contribution is -2.19. The Hall–Kier alpha value is -2.53. The van der Waals surface area contributed by atoms with Crippen LogP contribution in [-0.2, 0) is 11.3 Å². The molecule has 4 aromatic rings. The van der Waals surface area contributed by atoms with Gasteiger partial charge in [-0.3, -0.25) is 4.79 Å². The van der Waals surface area contributed by atoms with Crippen LogP contribution >= 0.6 is 34.8 Å². The van der Waals surface area contributed by atoms with Crippen molar-refractivity contribution in [3.8, 4) is 11.4 Å². The quantitative estimate of drug-likeness (QED) is 0.413. The van der Waals surface area contributed by atoms with Crippen LogP contribution in [0.4, 0.5) is 5.69 Å². The van der Waals surface area contributed by atoms with Gasteiger partial charge in [0, 0.05) is 21.3 Å². The van der Waals surface area contributed by atoms with Crippen LogP contribution in [0, 0.1) is 0 Å². The van der Waals surface area contributed by atoms with E-state index in [9.17, 15) is 4.79 Å². The summed E-state index contributed by atoms with van der Waals surface area (Å²) in [5.41, 5.74) is 2.93. The summed E-state index contributed by atoms with van der Waals surface area (Å²) in [6.07, 6.45) is 0. The summed E-state index contributed by atoms with van der Waals surface area (Å²) < 4.78 is 1.85. The van der Waals surface area contributed by atoms with Crippen LogP contribution < -0.4 is 5.32 Å². The molecule has 0 aliphatic carbocycles. The SMILES string of the molecule is O=C(Cn1c(-c2ccccc2Cl)nc2ccccc21)Nc1cc(Cl)cc(Cl)c1. The highest BCUT2D eigenvalue weighted by molar-refractivity contribution is 6.35. The molecule has 0 bridgehead atoms. The maximum atomic E-state index is 12.7. The molecule has 4 rings (SSSR count). The zero-order valence-electron chi connectivity index (χ0n) is 14.5. The van der Waals surface area contributed by atoms with Crippen molar-refractivity contribution in [1.82, 2.24) is 9.55 Å². The van der Waals surface area contributed by atoms with Crippen molar-refractivity contribution in [2.45, 2.75) is 6.54 Å². The van der Waals surface area contributed by atoms with Gasteiger partial charge in [-0.25, -0.2) is 4.98 Å². The Kier molecular flexibility index (Phi) is 5.27. The molecule has 140 valence electrons. The monoisotopic (exact) mass is 429 g/mol. The molecule has 7 heteroatoms. The van der Waals surface area contributed by atoms with Gasteiger partial charge in [-0.2, -0.15) is 0 Å². The van der Waals surface area contributed by atoms with E-state index in [0.29, 0.717) is 26.6 Å². The number of hydrogen-bond acceptors (Lipinski definition) is 2. The maximum absolute atomic E-state index is 12.7. The summed E-state index contributed by atoms with van der Waals surface area (Å²) in [5.74, 6) is 0.404. The number of nitrogens with one attached hydrogen (secondary N) is 1. The lowest BCUT2D eigenvalue weighted by molar-refractivity contribution is -0.116. The lowest BCUT2D eigenvalue weighted by atomic mass is 10.2. The van der Waals surface area contributed by atoms with Crippen LogP contribution in [0.2, 0.25) is 15.1 Å². The van der Waals surface area contributed by atoms with Gasteiger partial charge in [-0.05, 0) is 42.5 Å². The predicted molar refractivity (Wildman–Crippen MR) is 115 cm³/mol. The van der Waals surface area contributed by atoms with Crippen molar-refractivity contribution in [2.24, 2.45) is 0 Å². The summed E-state index contributed by atoms with van der Waals surface area (Å²) in [6.45, 7) is 0.0607. The molecule has 0 aliphatic heterocycles. The number of carbonyl (C=O) groups excluding carboxylic acids is 1. The number of nitrogens with zero attached hydrogens (tertiary/aromatic N) is 2. The number of rotatable bonds is 4. The molecule has 1 heterocycles. The van der Waals surface area contributed by atoms with Crippen molar-refractivity contribution in [2.75, 3.05) is 5.32 Å². The van der Waals surface area contributed by atoms with E-state index in [0.717, 1.165) is 16.6 Å². The molecule has 28 heavy (non-hydrogen) atoms. The van der Waals surface area contributed by atoms with Crippen molar-refractivity contribution in [3.63, 3.8) is 0 Å². The normalized spacial score (nSPS) is 11.0. The first-order chi connectivity index (χ1) is 13.5. The highest BCUT2D eigenvalue weighted by Crippen LogP contribution is 2.30. The maximum Gasteiger partial charge on any atom is 0.244 e. The number of carbonyl (C=O) groups is 1. The molecule has 0 radical (unpaired) electrons. The zero-order valence-corrected chi connectivity index (χ0v) is 16.8. The largest absolute Gasteiger partial charge is 0.324 e. The number of amides is 1. The van der Waals surface area contributed by atoms with E-state index in [2.05, 4.69) is 10.3 Å². The Labute approximate surface area is 176 Å². The van der Waals surface area contributed by atoms with Crippen molar-refractivity contribution < 1.29 is 4.79 Å². The van der Waals surface area contributed by atoms with Crippen LogP contribution in [-0.4, -0.2) is 15.5 Å². The summed E-state index contributed by atoms with van der Waals surface area (Å²) in [5, 5.41) is 4.30. The second-order valence-corrected chi connectivity index (χ2v) is 7.48. The molecule has 0 saturated heterocycles. The fourth-order valence-electron chi connectivity index (χ4n) is 3.05. The average Bonchev–Trinajstić information content (AvgIpc) is 2.99. The highest BCUT2D eigenvalue weighted by Gasteiger charge is 2.17. The first kappa shape index (κ1) is 18.8. The minimum Gasteiger partial charge on any atom is -0.324 e. The Morgan fingerprint density at radius 2 is 1.61 bits per heavy atom. The molecular formula is C21H14Cl3N3O. The Morgan fingerprint density at radius 1 is 0.929 bits per heavy atom. The van der Waals surface area contributed by atoms with Crippen LogP contribution in [0.15, 0.2) is 66.7 Å². The number of imidazole rings is 1. The molecule has 1 N–H and O–H groups in total. The van der Waals surface area contributed by atoms with Gasteiger partial charge < -0.3 is 9.88 Å². The van der Waals surface area contributed by atoms with E-state index in [1.165, 1.54) is 0 Å². The lowest BCUT2D eigenvalue weighted by Gasteiger charge is -2.11. The number of aromatic nitrogens is 2. The summed E-state index contributed by atoms with van der Waals surface area (Å²) in [7, 11) is 0. The van der Waals surface area contributed by atoms with Gasteiger partial charge in [0.2, 0.25) is 5.91 Å². The predicted octanol–water partition coefficient (Wildman–Crippen LogP) is 6.30. The summed E-state index contributed by atoms with van der Waals surface area (Å²) in [4.78, 5) is 17.4. The fraction of sp³-hybridized carbons (Fsp3) is 0.0476. The van der Waals surface area contributed by atoms with Crippen LogP contribution in [0.25, 0.3) is 22.4 Å². The van der Waals surface area contributed by atoms with E-state index in [-0.39, 0.29) is 12.5 Å². The molecule has 0 aliphatic rings. The highest BCUT2D eigenvalue weighted by atomic mass is 35.5. The van der Waals surface area contributed by atoms with E-state index in [1.54, 1.807) is 24.3 Å². The van der Waals surface area contributed by atoms with Crippen molar-refractivity contribution in [3.05, 3.63) is 81.8 Å². The Balaban J connectivity index is 1.72. The second-order valence-electron chi connectivity index (χ2n) is 6.20. The van der Waals surface area contributed by atoms with Crippen molar-refractivity contribution in [1.29, 1.82) is 0 Å². The topological polar surface area (TPSA) is 46.9 Å². The molecule has 0 atom stereocenters. The number of para-hydroxylation sites is 2. The minimum absolute atomic E-state index is 0.0607. The van der Waals surface area contributed by atoms with Gasteiger partial charge in [0.1, 0.15) is 12.4 Å². The molecule has 0 fully saturated rings. The summed E-state index contributed by atoms with van der Waals surface area (Å²) in [6, 6.07) is 20.0. The van der Waals surface area contributed by atoms with Gasteiger partial charge >= 0.3 is 0 Å². The van der Waals surface area contributed by atoms with Crippen LogP contribution in [0.3, 0.4) is 0 Å². The molecular weight excluding hydrogens is 417 g/mol. The van der Waals surface area contributed by atoms with Gasteiger partial charge in [-0.1, -0.05) is 59.1 Å². The number of anilines is 1. The average molecular weight is 431 g/mol. The third-order valence-electron chi connectivity index (χ3n) is 4.22. The molecule has 1 amide bonds. The first-order valence-electron chi connectivity index (χ1n) is 8.47. The molecule has 0 unspecified atom stereocenters. The molecule has 0 saturated carbocycles. The third-order valence-corrected chi connectivity index (χ3v) is 4.98. The Bertz CT molecular complexity index is 1170. The van der Waals surface area contributed by atoms with Crippen LogP contribution in [0.1, 0.15) is 0 Å². The van der Waals surface area contributed by atoms with E-state index in [1.807, 2.05) is 47.0 Å². The molecule has 0 spiro atoms. The standard InChI is InChI=1S/C21H14Cl3N3O/c22-13-9-14(23)11-15(10-13)25-20(28)12-27-19-8-4-3-7-18(19)26-21(27)16-5-1-2-6-17(16)24/h1-11H,12H2,(H,25,28). The second kappa shape index (κ2) is 7.84. The number of fused-ring (bicyclic) bond motifs is 1. The first-order valence-corrected chi connectivity index (χ1v) is 9.61. The van der Waals surface area contributed by atoms with Crippen molar-refractivity contribution >= 4 is 57.4 Å². The van der Waals surface area contributed by atoms with E-state index < -0.39 is 0 Å². The number of halogens is 3. The number of benzene rings is 3. The number of hydrogen-bond donors (Lipinski definition) is 1. The van der Waals surface area contributed by atoms with E-state index >= 15 is 0 Å². The third kappa shape index (κ3) is 3.85. The van der Waals surface area contributed by atoms with Gasteiger partial charge in [0.15, 0.2) is 0 Å². The zero-order chi connectivity index (χ0) is 19.7. The summed E-state index contributed by atoms with van der Waals surface area (Å²) >= 11 is 18.4. The smallest absolute Gasteiger partial charge is 0.244 e. The van der Waals surface area contributed by atoms with Gasteiger partial charge in [0.25, 0.3) is 0 Å². The van der Waals surface area contributed by atoms with Gasteiger partial charge in [0.05, 0.1) is 16.1 Å². The van der Waals surface area contributed by atoms with Gasteiger partial charge in [-0.15, -0.1) is 0 Å². The molecule has 1 aromatic heterocycles. The fourth-order valence-corrected chi connectivity index (χ4v) is 3.80.